The number of nitriles is 1. The van der Waals surface area contributed by atoms with Crippen LogP contribution >= 0.6 is 0 Å². The van der Waals surface area contributed by atoms with Crippen molar-refractivity contribution in [3.05, 3.63) is 0 Å². The molecule has 0 radical (unpaired) electrons. The summed E-state index contributed by atoms with van der Waals surface area (Å²) in [6.07, 6.45) is 3.19. The van der Waals surface area contributed by atoms with Gasteiger partial charge in [0, 0.05) is 6.04 Å². The third kappa shape index (κ3) is 4.24. The maximum Gasteiger partial charge on any atom is 0.234 e. The summed E-state index contributed by atoms with van der Waals surface area (Å²) in [5.74, 6) is 0.0520. The highest BCUT2D eigenvalue weighted by atomic mass is 16.2. The molecule has 0 aliphatic heterocycles. The third-order valence-corrected chi connectivity index (χ3v) is 2.14. The highest BCUT2D eigenvalue weighted by Crippen LogP contribution is 2.18. The Hall–Kier alpha value is -1.08. The molecule has 0 aromatic carbocycles. The number of hydrogen-bond donors (Lipinski definition) is 1. The van der Waals surface area contributed by atoms with E-state index in [0.29, 0.717) is 19.1 Å². The Bertz CT molecular complexity index is 230. The molecule has 1 rings (SSSR count). The van der Waals surface area contributed by atoms with Gasteiger partial charge >= 0.3 is 0 Å². The van der Waals surface area contributed by atoms with Gasteiger partial charge in [0.25, 0.3) is 0 Å². The predicted molar refractivity (Wildman–Crippen MR) is 53.5 cm³/mol. The molecular weight excluding hydrogens is 178 g/mol. The number of carbonyl (C=O) groups is 1. The van der Waals surface area contributed by atoms with Crippen molar-refractivity contribution >= 4 is 5.91 Å². The molecule has 1 amide bonds. The van der Waals surface area contributed by atoms with E-state index in [9.17, 15) is 4.79 Å². The Balaban J connectivity index is 2.22. The summed E-state index contributed by atoms with van der Waals surface area (Å²) < 4.78 is 0. The van der Waals surface area contributed by atoms with Crippen LogP contribution in [0.15, 0.2) is 0 Å². The van der Waals surface area contributed by atoms with Crippen molar-refractivity contribution in [2.45, 2.75) is 32.2 Å². The Morgan fingerprint density at radius 2 is 2.36 bits per heavy atom. The maximum absolute atomic E-state index is 11.4. The van der Waals surface area contributed by atoms with Crippen molar-refractivity contribution < 1.29 is 4.79 Å². The zero-order valence-electron chi connectivity index (χ0n) is 8.62. The molecule has 4 nitrogen and oxygen atoms in total. The topological polar surface area (TPSA) is 56.1 Å². The fourth-order valence-corrected chi connectivity index (χ4v) is 1.33. The Kier molecular flexibility index (Phi) is 4.41. The molecule has 1 saturated carbocycles. The van der Waals surface area contributed by atoms with Crippen molar-refractivity contribution in [3.63, 3.8) is 0 Å². The number of carbonyl (C=O) groups excluding carboxylic acids is 1. The molecule has 0 heterocycles. The van der Waals surface area contributed by atoms with Gasteiger partial charge in [-0.25, -0.2) is 0 Å². The number of amides is 1. The molecule has 1 N–H and O–H groups in total. The van der Waals surface area contributed by atoms with Gasteiger partial charge < -0.3 is 5.32 Å². The van der Waals surface area contributed by atoms with Crippen molar-refractivity contribution in [2.24, 2.45) is 0 Å². The molecule has 0 unspecified atom stereocenters. The van der Waals surface area contributed by atoms with Crippen LogP contribution in [0.3, 0.4) is 0 Å². The smallest absolute Gasteiger partial charge is 0.234 e. The molecule has 4 heteroatoms. The van der Waals surface area contributed by atoms with Gasteiger partial charge in [-0.15, -0.1) is 0 Å². The average Bonchev–Trinajstić information content (AvgIpc) is 2.89. The first-order valence-electron chi connectivity index (χ1n) is 5.15. The van der Waals surface area contributed by atoms with E-state index in [0.717, 1.165) is 25.8 Å². The second-order valence-electron chi connectivity index (χ2n) is 3.71. The molecule has 14 heavy (non-hydrogen) atoms. The van der Waals surface area contributed by atoms with Gasteiger partial charge in [0.15, 0.2) is 0 Å². The van der Waals surface area contributed by atoms with E-state index in [1.54, 1.807) is 0 Å². The first-order chi connectivity index (χ1) is 6.76. The van der Waals surface area contributed by atoms with Crippen LogP contribution in [0.1, 0.15) is 26.2 Å². The van der Waals surface area contributed by atoms with Gasteiger partial charge in [0.2, 0.25) is 5.91 Å². The lowest BCUT2D eigenvalue weighted by Gasteiger charge is -2.17. The molecule has 0 saturated heterocycles. The summed E-state index contributed by atoms with van der Waals surface area (Å²) in [6, 6.07) is 2.48. The van der Waals surface area contributed by atoms with E-state index in [-0.39, 0.29) is 5.91 Å². The zero-order valence-corrected chi connectivity index (χ0v) is 8.62. The fourth-order valence-electron chi connectivity index (χ4n) is 1.33. The lowest BCUT2D eigenvalue weighted by atomic mass is 10.4. The molecule has 0 bridgehead atoms. The van der Waals surface area contributed by atoms with E-state index >= 15 is 0 Å². The molecule has 0 spiro atoms. The summed E-state index contributed by atoms with van der Waals surface area (Å²) in [5, 5.41) is 11.5. The monoisotopic (exact) mass is 195 g/mol. The summed E-state index contributed by atoms with van der Waals surface area (Å²) >= 11 is 0. The van der Waals surface area contributed by atoms with Crippen LogP contribution < -0.4 is 5.32 Å². The average molecular weight is 195 g/mol. The van der Waals surface area contributed by atoms with Gasteiger partial charge in [-0.2, -0.15) is 5.26 Å². The zero-order chi connectivity index (χ0) is 10.4. The quantitative estimate of drug-likeness (QED) is 0.628. The van der Waals surface area contributed by atoms with Crippen molar-refractivity contribution in [1.29, 1.82) is 5.26 Å². The summed E-state index contributed by atoms with van der Waals surface area (Å²) in [4.78, 5) is 13.3. The maximum atomic E-state index is 11.4. The van der Waals surface area contributed by atoms with E-state index < -0.39 is 0 Å². The molecule has 0 aromatic heterocycles. The minimum Gasteiger partial charge on any atom is -0.352 e. The van der Waals surface area contributed by atoms with Crippen LogP contribution in [-0.4, -0.2) is 36.5 Å². The number of nitrogens with zero attached hydrogens (tertiary/aromatic N) is 2. The number of hydrogen-bond acceptors (Lipinski definition) is 3. The lowest BCUT2D eigenvalue weighted by molar-refractivity contribution is -0.122. The molecule has 1 aliphatic carbocycles. The Morgan fingerprint density at radius 3 is 2.86 bits per heavy atom. The van der Waals surface area contributed by atoms with Gasteiger partial charge in [0.1, 0.15) is 0 Å². The van der Waals surface area contributed by atoms with Crippen LogP contribution in [0.4, 0.5) is 0 Å². The molecular formula is C10H17N3O. The van der Waals surface area contributed by atoms with Gasteiger partial charge in [-0.3, -0.25) is 9.69 Å². The number of nitrogens with one attached hydrogen (secondary N) is 1. The normalized spacial score (nSPS) is 15.2. The van der Waals surface area contributed by atoms with Crippen molar-refractivity contribution in [1.82, 2.24) is 10.2 Å². The van der Waals surface area contributed by atoms with Gasteiger partial charge in [0.05, 0.1) is 19.2 Å². The first-order valence-corrected chi connectivity index (χ1v) is 5.15. The molecule has 1 fully saturated rings. The lowest BCUT2D eigenvalue weighted by Crippen LogP contribution is -2.38. The number of rotatable bonds is 6. The van der Waals surface area contributed by atoms with Crippen LogP contribution in [0.5, 0.6) is 0 Å². The highest BCUT2D eigenvalue weighted by molar-refractivity contribution is 5.78. The third-order valence-electron chi connectivity index (χ3n) is 2.14. The molecule has 1 aliphatic rings. The van der Waals surface area contributed by atoms with E-state index in [2.05, 4.69) is 11.4 Å². The first kappa shape index (κ1) is 11.0. The van der Waals surface area contributed by atoms with Crippen LogP contribution in [-0.2, 0) is 4.79 Å². The minimum absolute atomic E-state index is 0.0520. The summed E-state index contributed by atoms with van der Waals surface area (Å²) in [5.41, 5.74) is 0. The largest absolute Gasteiger partial charge is 0.352 e. The van der Waals surface area contributed by atoms with Crippen molar-refractivity contribution in [3.8, 4) is 6.07 Å². The van der Waals surface area contributed by atoms with Gasteiger partial charge in [-0.05, 0) is 25.8 Å². The van der Waals surface area contributed by atoms with Crippen LogP contribution in [0.25, 0.3) is 0 Å². The SMILES string of the molecule is CCCN(CC#N)CC(=O)NC1CC1. The Labute approximate surface area is 84.9 Å². The summed E-state index contributed by atoms with van der Waals surface area (Å²) in [7, 11) is 0. The van der Waals surface area contributed by atoms with Gasteiger partial charge in [-0.1, -0.05) is 6.92 Å². The van der Waals surface area contributed by atoms with E-state index in [4.69, 9.17) is 5.26 Å². The fraction of sp³-hybridized carbons (Fsp3) is 0.800. The molecule has 0 atom stereocenters. The molecule has 78 valence electrons. The van der Waals surface area contributed by atoms with Crippen LogP contribution in [0.2, 0.25) is 0 Å². The van der Waals surface area contributed by atoms with Crippen molar-refractivity contribution in [2.75, 3.05) is 19.6 Å². The molecule has 0 aromatic rings. The second-order valence-corrected chi connectivity index (χ2v) is 3.71. The van der Waals surface area contributed by atoms with E-state index in [1.165, 1.54) is 0 Å². The van der Waals surface area contributed by atoms with E-state index in [1.807, 2.05) is 11.8 Å². The predicted octanol–water partition coefficient (Wildman–Crippen LogP) is 0.501. The Morgan fingerprint density at radius 1 is 1.64 bits per heavy atom. The highest BCUT2D eigenvalue weighted by Gasteiger charge is 2.23. The standard InChI is InChI=1S/C10H17N3O/c1-2-6-13(7-5-11)8-10(14)12-9-3-4-9/h9H,2-4,6-8H2,1H3,(H,12,14). The summed E-state index contributed by atoms with van der Waals surface area (Å²) in [6.45, 7) is 3.55. The minimum atomic E-state index is 0.0520. The second kappa shape index (κ2) is 5.61. The van der Waals surface area contributed by atoms with Crippen LogP contribution in [0, 0.1) is 11.3 Å².